The van der Waals surface area contributed by atoms with Gasteiger partial charge in [-0.1, -0.05) is 6.07 Å². The zero-order valence-electron chi connectivity index (χ0n) is 12.1. The predicted molar refractivity (Wildman–Crippen MR) is 80.4 cm³/mol. The van der Waals surface area contributed by atoms with Crippen molar-refractivity contribution < 1.29 is 13.2 Å². The molecular formula is C13H18N4O3S. The van der Waals surface area contributed by atoms with Crippen molar-refractivity contribution in [3.8, 4) is 0 Å². The van der Waals surface area contributed by atoms with Crippen molar-refractivity contribution in [1.82, 2.24) is 9.55 Å². The average molecular weight is 310 g/mol. The van der Waals surface area contributed by atoms with Crippen LogP contribution in [-0.4, -0.2) is 30.1 Å². The number of amides is 1. The minimum atomic E-state index is -3.42. The molecule has 7 nitrogen and oxygen atoms in total. The van der Waals surface area contributed by atoms with E-state index in [2.05, 4.69) is 4.98 Å². The zero-order chi connectivity index (χ0) is 16.0. The first-order chi connectivity index (χ1) is 9.54. The van der Waals surface area contributed by atoms with Crippen molar-refractivity contribution in [1.29, 1.82) is 0 Å². The maximum absolute atomic E-state index is 11.8. The summed E-state index contributed by atoms with van der Waals surface area (Å²) in [6.45, 7) is 3.59. The van der Waals surface area contributed by atoms with Crippen LogP contribution in [0.25, 0.3) is 11.0 Å². The van der Waals surface area contributed by atoms with Crippen LogP contribution >= 0.6 is 0 Å². The molecule has 0 aliphatic heterocycles. The summed E-state index contributed by atoms with van der Waals surface area (Å²) < 4.78 is 25.3. The Bertz CT molecular complexity index is 821. The molecule has 114 valence electrons. The second-order valence-electron chi connectivity index (χ2n) is 5.66. The molecule has 0 aliphatic carbocycles. The van der Waals surface area contributed by atoms with E-state index in [1.165, 1.54) is 6.07 Å². The number of nitrogens with zero attached hydrogens (tertiary/aromatic N) is 2. The summed E-state index contributed by atoms with van der Waals surface area (Å²) in [5.74, 6) is -0.326. The number of fused-ring (bicyclic) bond motifs is 1. The third-order valence-electron chi connectivity index (χ3n) is 3.29. The molecule has 4 N–H and O–H groups in total. The molecule has 1 aromatic carbocycles. The zero-order valence-corrected chi connectivity index (χ0v) is 12.9. The van der Waals surface area contributed by atoms with Gasteiger partial charge in [0.1, 0.15) is 5.52 Å². The first kappa shape index (κ1) is 15.3. The highest BCUT2D eigenvalue weighted by Crippen LogP contribution is 2.31. The van der Waals surface area contributed by atoms with E-state index >= 15 is 0 Å². The molecule has 1 aromatic heterocycles. The van der Waals surface area contributed by atoms with Crippen molar-refractivity contribution in [3.63, 3.8) is 0 Å². The molecule has 0 saturated carbocycles. The van der Waals surface area contributed by atoms with Gasteiger partial charge in [0, 0.05) is 12.7 Å². The molecule has 2 aromatic rings. The molecule has 0 atom stereocenters. The minimum absolute atomic E-state index is 0.0613. The standard InChI is InChI=1S/C13H18N4O3S/c1-13(2,7-10(14)18)17-8-5-4-6-9(21(3,19)20)11(8)16-12(17)15/h4-6H,7H2,1-3H3,(H2,14,18)(H2,15,16). The van der Waals surface area contributed by atoms with E-state index in [1.54, 1.807) is 30.5 Å². The number of carbonyl (C=O) groups is 1. The average Bonchev–Trinajstić information content (AvgIpc) is 2.61. The molecule has 1 amide bonds. The molecule has 0 aliphatic rings. The Balaban J connectivity index is 2.79. The largest absolute Gasteiger partial charge is 0.370 e. The van der Waals surface area contributed by atoms with Crippen LogP contribution in [0.1, 0.15) is 20.3 Å². The topological polar surface area (TPSA) is 121 Å². The van der Waals surface area contributed by atoms with Crippen LogP contribution in [0.15, 0.2) is 23.1 Å². The van der Waals surface area contributed by atoms with Crippen molar-refractivity contribution in [2.45, 2.75) is 30.7 Å². The summed E-state index contributed by atoms with van der Waals surface area (Å²) in [5.41, 5.74) is 11.4. The number of sulfone groups is 1. The van der Waals surface area contributed by atoms with Crippen LogP contribution in [0.3, 0.4) is 0 Å². The van der Waals surface area contributed by atoms with Gasteiger partial charge >= 0.3 is 0 Å². The van der Waals surface area contributed by atoms with Crippen molar-refractivity contribution in [2.75, 3.05) is 12.0 Å². The number of rotatable bonds is 4. The number of anilines is 1. The second-order valence-corrected chi connectivity index (χ2v) is 7.64. The van der Waals surface area contributed by atoms with Crippen molar-refractivity contribution >= 4 is 32.7 Å². The van der Waals surface area contributed by atoms with Crippen LogP contribution in [0.5, 0.6) is 0 Å². The van der Waals surface area contributed by atoms with Gasteiger partial charge in [-0.3, -0.25) is 4.79 Å². The van der Waals surface area contributed by atoms with Gasteiger partial charge < -0.3 is 16.0 Å². The van der Waals surface area contributed by atoms with E-state index in [-0.39, 0.29) is 17.3 Å². The smallest absolute Gasteiger partial charge is 0.219 e. The molecular weight excluding hydrogens is 292 g/mol. The number of nitrogen functional groups attached to an aromatic ring is 1. The molecule has 0 fully saturated rings. The third-order valence-corrected chi connectivity index (χ3v) is 4.41. The van der Waals surface area contributed by atoms with Crippen LogP contribution in [0, 0.1) is 0 Å². The van der Waals surface area contributed by atoms with Gasteiger partial charge in [0.25, 0.3) is 0 Å². The number of hydrogen-bond acceptors (Lipinski definition) is 5. The lowest BCUT2D eigenvalue weighted by molar-refractivity contribution is -0.119. The number of benzene rings is 1. The highest BCUT2D eigenvalue weighted by molar-refractivity contribution is 7.91. The number of primary amides is 1. The molecule has 0 radical (unpaired) electrons. The van der Waals surface area contributed by atoms with E-state index < -0.39 is 21.3 Å². The van der Waals surface area contributed by atoms with E-state index in [0.717, 1.165) is 6.26 Å². The number of carbonyl (C=O) groups excluding carboxylic acids is 1. The maximum Gasteiger partial charge on any atom is 0.219 e. The molecule has 0 unspecified atom stereocenters. The first-order valence-electron chi connectivity index (χ1n) is 6.30. The van der Waals surface area contributed by atoms with E-state index in [4.69, 9.17) is 11.5 Å². The van der Waals surface area contributed by atoms with Crippen LogP contribution in [0.2, 0.25) is 0 Å². The molecule has 0 saturated heterocycles. The van der Waals surface area contributed by atoms with Crippen molar-refractivity contribution in [2.24, 2.45) is 5.73 Å². The fraction of sp³-hybridized carbons (Fsp3) is 0.385. The maximum atomic E-state index is 11.8. The number of imidazole rings is 1. The lowest BCUT2D eigenvalue weighted by atomic mass is 9.99. The summed E-state index contributed by atoms with van der Waals surface area (Å²) in [6.07, 6.45) is 1.18. The predicted octanol–water partition coefficient (Wildman–Crippen LogP) is 0.633. The fourth-order valence-corrected chi connectivity index (χ4v) is 3.36. The summed E-state index contributed by atoms with van der Waals surface area (Å²) >= 11 is 0. The number of nitrogens with two attached hydrogens (primary N) is 2. The van der Waals surface area contributed by atoms with Gasteiger partial charge in [-0.25, -0.2) is 13.4 Å². The second kappa shape index (κ2) is 4.73. The fourth-order valence-electron chi connectivity index (χ4n) is 2.53. The lowest BCUT2D eigenvalue weighted by Gasteiger charge is -2.27. The van der Waals surface area contributed by atoms with E-state index in [9.17, 15) is 13.2 Å². The molecule has 21 heavy (non-hydrogen) atoms. The highest BCUT2D eigenvalue weighted by atomic mass is 32.2. The highest BCUT2D eigenvalue weighted by Gasteiger charge is 2.28. The number of aromatic nitrogens is 2. The van der Waals surface area contributed by atoms with Gasteiger partial charge in [0.05, 0.1) is 16.0 Å². The Morgan fingerprint density at radius 1 is 1.38 bits per heavy atom. The Morgan fingerprint density at radius 3 is 2.52 bits per heavy atom. The van der Waals surface area contributed by atoms with E-state index in [0.29, 0.717) is 11.0 Å². The van der Waals surface area contributed by atoms with Crippen LogP contribution in [0.4, 0.5) is 5.95 Å². The van der Waals surface area contributed by atoms with Gasteiger partial charge in [0.15, 0.2) is 9.84 Å². The Labute approximate surface area is 122 Å². The SMILES string of the molecule is CC(C)(CC(N)=O)n1c(N)nc2c(S(C)(=O)=O)cccc21. The molecule has 8 heteroatoms. The van der Waals surface area contributed by atoms with Crippen molar-refractivity contribution in [3.05, 3.63) is 18.2 Å². The minimum Gasteiger partial charge on any atom is -0.370 e. The van der Waals surface area contributed by atoms with Crippen LogP contribution in [-0.2, 0) is 20.2 Å². The van der Waals surface area contributed by atoms with Gasteiger partial charge in [-0.05, 0) is 26.0 Å². The molecule has 1 heterocycles. The van der Waals surface area contributed by atoms with Gasteiger partial charge in [-0.2, -0.15) is 0 Å². The summed E-state index contributed by atoms with van der Waals surface area (Å²) in [7, 11) is -3.42. The summed E-state index contributed by atoms with van der Waals surface area (Å²) in [5, 5.41) is 0. The quantitative estimate of drug-likeness (QED) is 0.858. The normalized spacial score (nSPS) is 12.7. The summed E-state index contributed by atoms with van der Waals surface area (Å²) in [4.78, 5) is 15.5. The van der Waals surface area contributed by atoms with E-state index in [1.807, 2.05) is 0 Å². The third kappa shape index (κ3) is 2.71. The number of para-hydroxylation sites is 1. The lowest BCUT2D eigenvalue weighted by Crippen LogP contribution is -2.33. The molecule has 0 bridgehead atoms. The number of hydrogen-bond donors (Lipinski definition) is 2. The molecule has 2 rings (SSSR count). The molecule has 0 spiro atoms. The first-order valence-corrected chi connectivity index (χ1v) is 8.19. The monoisotopic (exact) mass is 310 g/mol. The van der Waals surface area contributed by atoms with Crippen LogP contribution < -0.4 is 11.5 Å². The van der Waals surface area contributed by atoms with Gasteiger partial charge in [0.2, 0.25) is 11.9 Å². The Morgan fingerprint density at radius 2 is 2.00 bits per heavy atom. The summed E-state index contributed by atoms with van der Waals surface area (Å²) in [6, 6.07) is 4.82. The Kier molecular flexibility index (Phi) is 3.45. The van der Waals surface area contributed by atoms with Gasteiger partial charge in [-0.15, -0.1) is 0 Å². The Hall–Kier alpha value is -2.09.